The summed E-state index contributed by atoms with van der Waals surface area (Å²) >= 11 is 0. The lowest BCUT2D eigenvalue weighted by atomic mass is 10.0. The Morgan fingerprint density at radius 1 is 0.302 bits per heavy atom. The highest BCUT2D eigenvalue weighted by atomic mass is 16.6. The van der Waals surface area contributed by atoms with Crippen molar-refractivity contribution >= 4 is 17.9 Å². The third kappa shape index (κ3) is 51.3. The van der Waals surface area contributed by atoms with E-state index in [1.165, 1.54) is 218 Å². The topological polar surface area (TPSA) is 78.9 Å². The molecule has 6 nitrogen and oxygen atoms in total. The Kier molecular flexibility index (Phi) is 50.1. The Bertz CT molecular complexity index is 949. The third-order valence-corrected chi connectivity index (χ3v) is 13.0. The lowest BCUT2D eigenvalue weighted by Gasteiger charge is -2.18. The zero-order chi connectivity index (χ0) is 45.9. The molecule has 0 aromatic carbocycles. The van der Waals surface area contributed by atoms with E-state index in [2.05, 4.69) is 27.7 Å². The predicted octanol–water partition coefficient (Wildman–Crippen LogP) is 18.6. The van der Waals surface area contributed by atoms with Crippen LogP contribution in [0.1, 0.15) is 323 Å². The van der Waals surface area contributed by atoms with Crippen molar-refractivity contribution in [1.29, 1.82) is 0 Å². The van der Waals surface area contributed by atoms with Gasteiger partial charge in [0.05, 0.1) is 0 Å². The van der Waals surface area contributed by atoms with Gasteiger partial charge in [0, 0.05) is 19.3 Å². The molecule has 0 fully saturated rings. The minimum absolute atomic E-state index is 0.0625. The summed E-state index contributed by atoms with van der Waals surface area (Å²) in [6.07, 6.45) is 55.3. The van der Waals surface area contributed by atoms with Crippen molar-refractivity contribution in [2.24, 2.45) is 5.92 Å². The fraction of sp³-hybridized carbons (Fsp3) is 0.947. The molecule has 1 atom stereocenters. The molecular formula is C57H110O6. The summed E-state index contributed by atoms with van der Waals surface area (Å²) in [4.78, 5) is 38.1. The molecular weight excluding hydrogens is 781 g/mol. The zero-order valence-electron chi connectivity index (χ0n) is 43.0. The summed E-state index contributed by atoms with van der Waals surface area (Å²) < 4.78 is 16.9. The number of carbonyl (C=O) groups excluding carboxylic acids is 3. The van der Waals surface area contributed by atoms with Crippen molar-refractivity contribution in [1.82, 2.24) is 0 Å². The van der Waals surface area contributed by atoms with Gasteiger partial charge in [-0.05, 0) is 25.2 Å². The van der Waals surface area contributed by atoms with Crippen molar-refractivity contribution in [3.05, 3.63) is 0 Å². The van der Waals surface area contributed by atoms with Crippen LogP contribution in [0.25, 0.3) is 0 Å². The molecule has 0 rings (SSSR count). The second-order valence-corrected chi connectivity index (χ2v) is 20.1. The second kappa shape index (κ2) is 51.4. The maximum Gasteiger partial charge on any atom is 0.306 e. The van der Waals surface area contributed by atoms with Gasteiger partial charge in [-0.15, -0.1) is 0 Å². The van der Waals surface area contributed by atoms with Crippen molar-refractivity contribution in [2.75, 3.05) is 13.2 Å². The van der Waals surface area contributed by atoms with Gasteiger partial charge in [0.2, 0.25) is 0 Å². The van der Waals surface area contributed by atoms with Crippen LogP contribution in [0.3, 0.4) is 0 Å². The molecule has 0 aromatic heterocycles. The molecule has 0 heterocycles. The van der Waals surface area contributed by atoms with Gasteiger partial charge < -0.3 is 14.2 Å². The van der Waals surface area contributed by atoms with Crippen LogP contribution in [0.2, 0.25) is 0 Å². The smallest absolute Gasteiger partial charge is 0.306 e. The lowest BCUT2D eigenvalue weighted by molar-refractivity contribution is -0.167. The minimum atomic E-state index is -0.762. The molecule has 63 heavy (non-hydrogen) atoms. The number of hydrogen-bond acceptors (Lipinski definition) is 6. The number of carbonyl (C=O) groups is 3. The van der Waals surface area contributed by atoms with E-state index < -0.39 is 6.10 Å². The van der Waals surface area contributed by atoms with Gasteiger partial charge in [0.15, 0.2) is 6.10 Å². The van der Waals surface area contributed by atoms with Crippen LogP contribution in [-0.4, -0.2) is 37.2 Å². The molecule has 0 radical (unpaired) electrons. The molecule has 0 saturated carbocycles. The normalized spacial score (nSPS) is 12.0. The van der Waals surface area contributed by atoms with Crippen LogP contribution in [0.15, 0.2) is 0 Å². The summed E-state index contributed by atoms with van der Waals surface area (Å²) in [6, 6.07) is 0. The fourth-order valence-electron chi connectivity index (χ4n) is 8.75. The van der Waals surface area contributed by atoms with Crippen molar-refractivity contribution in [2.45, 2.75) is 329 Å². The fourth-order valence-corrected chi connectivity index (χ4v) is 8.75. The van der Waals surface area contributed by atoms with Crippen LogP contribution in [0.5, 0.6) is 0 Å². The Balaban J connectivity index is 4.25. The highest BCUT2D eigenvalue weighted by Crippen LogP contribution is 2.18. The monoisotopic (exact) mass is 891 g/mol. The van der Waals surface area contributed by atoms with Gasteiger partial charge in [-0.2, -0.15) is 0 Å². The third-order valence-electron chi connectivity index (χ3n) is 13.0. The van der Waals surface area contributed by atoms with E-state index in [1.807, 2.05) is 0 Å². The van der Waals surface area contributed by atoms with Gasteiger partial charge in [0.25, 0.3) is 0 Å². The molecule has 0 aliphatic carbocycles. The second-order valence-electron chi connectivity index (χ2n) is 20.1. The van der Waals surface area contributed by atoms with Gasteiger partial charge in [-0.25, -0.2) is 0 Å². The van der Waals surface area contributed by atoms with Crippen LogP contribution >= 0.6 is 0 Å². The number of unbranched alkanes of at least 4 members (excludes halogenated alkanes) is 39. The standard InChI is InChI=1S/C57H110O6/c1-5-7-9-11-13-15-17-19-21-22-23-24-25-27-29-33-37-41-45-49-56(59)62-52-54(63-57(60)50-46-42-38-34-30-31-35-39-43-47-53(3)4)51-61-55(58)48-44-40-36-32-28-26-20-18-16-14-12-10-8-6-2/h53-54H,5-52H2,1-4H3/t54-/m0/s1. The number of esters is 3. The van der Waals surface area contributed by atoms with Crippen LogP contribution in [0, 0.1) is 5.92 Å². The zero-order valence-corrected chi connectivity index (χ0v) is 43.0. The van der Waals surface area contributed by atoms with E-state index in [1.54, 1.807) is 0 Å². The Morgan fingerprint density at radius 2 is 0.524 bits per heavy atom. The maximum absolute atomic E-state index is 12.8. The first-order valence-electron chi connectivity index (χ1n) is 28.4. The van der Waals surface area contributed by atoms with Gasteiger partial charge in [-0.1, -0.05) is 285 Å². The number of rotatable bonds is 52. The Hall–Kier alpha value is -1.59. The van der Waals surface area contributed by atoms with Crippen molar-refractivity contribution in [3.8, 4) is 0 Å². The molecule has 0 aliphatic heterocycles. The van der Waals surface area contributed by atoms with E-state index >= 15 is 0 Å². The van der Waals surface area contributed by atoms with Crippen LogP contribution < -0.4 is 0 Å². The molecule has 6 heteroatoms. The minimum Gasteiger partial charge on any atom is -0.462 e. The molecule has 0 N–H and O–H groups in total. The number of ether oxygens (including phenoxy) is 3. The van der Waals surface area contributed by atoms with Gasteiger partial charge in [-0.3, -0.25) is 14.4 Å². The average Bonchev–Trinajstić information content (AvgIpc) is 3.27. The molecule has 0 aromatic rings. The molecule has 0 spiro atoms. The van der Waals surface area contributed by atoms with E-state index in [-0.39, 0.29) is 31.1 Å². The Morgan fingerprint density at radius 3 is 0.778 bits per heavy atom. The summed E-state index contributed by atoms with van der Waals surface area (Å²) in [5.41, 5.74) is 0. The van der Waals surface area contributed by atoms with E-state index in [4.69, 9.17) is 14.2 Å². The van der Waals surface area contributed by atoms with E-state index in [9.17, 15) is 14.4 Å². The summed E-state index contributed by atoms with van der Waals surface area (Å²) in [5, 5.41) is 0. The van der Waals surface area contributed by atoms with Crippen LogP contribution in [0.4, 0.5) is 0 Å². The highest BCUT2D eigenvalue weighted by molar-refractivity contribution is 5.71. The molecule has 0 saturated heterocycles. The molecule has 374 valence electrons. The quantitative estimate of drug-likeness (QED) is 0.0344. The van der Waals surface area contributed by atoms with Crippen molar-refractivity contribution < 1.29 is 28.6 Å². The molecule has 0 bridgehead atoms. The number of hydrogen-bond donors (Lipinski definition) is 0. The first-order valence-corrected chi connectivity index (χ1v) is 28.4. The first kappa shape index (κ1) is 61.4. The SMILES string of the molecule is CCCCCCCCCCCCCCCCCCCCCC(=O)OC[C@H](COC(=O)CCCCCCCCCCCCCCCC)OC(=O)CCCCCCCCCCCC(C)C. The largest absolute Gasteiger partial charge is 0.462 e. The predicted molar refractivity (Wildman–Crippen MR) is 270 cm³/mol. The first-order chi connectivity index (χ1) is 30.9. The lowest BCUT2D eigenvalue weighted by Crippen LogP contribution is -2.30. The maximum atomic E-state index is 12.8. The van der Waals surface area contributed by atoms with Gasteiger partial charge in [0.1, 0.15) is 13.2 Å². The van der Waals surface area contributed by atoms with E-state index in [0.29, 0.717) is 19.3 Å². The average molecular weight is 892 g/mol. The summed E-state index contributed by atoms with van der Waals surface area (Å²) in [6.45, 7) is 9.03. The molecule has 0 unspecified atom stereocenters. The Labute approximate surface area is 393 Å². The summed E-state index contributed by atoms with van der Waals surface area (Å²) in [5.74, 6) is -0.0335. The highest BCUT2D eigenvalue weighted by Gasteiger charge is 2.19. The molecule has 0 aliphatic rings. The van der Waals surface area contributed by atoms with E-state index in [0.717, 1.165) is 63.7 Å². The summed E-state index contributed by atoms with van der Waals surface area (Å²) in [7, 11) is 0. The van der Waals surface area contributed by atoms with Gasteiger partial charge >= 0.3 is 17.9 Å². The van der Waals surface area contributed by atoms with Crippen molar-refractivity contribution in [3.63, 3.8) is 0 Å². The molecule has 0 amide bonds. The van der Waals surface area contributed by atoms with Crippen LogP contribution in [-0.2, 0) is 28.6 Å².